The number of likely N-dealkylation sites (tertiary alicyclic amines) is 1. The van der Waals surface area contributed by atoms with Gasteiger partial charge in [-0.1, -0.05) is 0 Å². The highest BCUT2D eigenvalue weighted by atomic mass is 15.2. The van der Waals surface area contributed by atoms with Crippen LogP contribution in [0.2, 0.25) is 0 Å². The molecule has 2 fully saturated rings. The minimum atomic E-state index is 0.651. The molecule has 2 saturated heterocycles. The molecule has 3 rings (SSSR count). The molecule has 0 aromatic carbocycles. The number of pyridine rings is 1. The maximum Gasteiger partial charge on any atom is 0.0271 e. The second kappa shape index (κ2) is 4.15. The first-order chi connectivity index (χ1) is 7.86. The predicted octanol–water partition coefficient (Wildman–Crippen LogP) is 1.27. The molecular weight excluding hydrogens is 198 g/mol. The Bertz CT molecular complexity index is 335. The molecule has 0 radical (unpaired) electrons. The molecule has 1 spiro atoms. The summed E-state index contributed by atoms with van der Waals surface area (Å²) >= 11 is 0. The summed E-state index contributed by atoms with van der Waals surface area (Å²) in [5, 5.41) is 3.45. The summed E-state index contributed by atoms with van der Waals surface area (Å²) in [5.74, 6) is 0. The molecule has 0 aliphatic carbocycles. The summed E-state index contributed by atoms with van der Waals surface area (Å²) in [6.45, 7) is 6.10. The molecular formula is C13H19N3. The fraction of sp³-hybridized carbons (Fsp3) is 0.615. The average Bonchev–Trinajstić information content (AvgIpc) is 2.30. The molecule has 16 heavy (non-hydrogen) atoms. The molecule has 2 aliphatic rings. The molecule has 86 valence electrons. The van der Waals surface area contributed by atoms with Crippen molar-refractivity contribution in [2.45, 2.75) is 19.4 Å². The Balaban J connectivity index is 1.53. The average molecular weight is 217 g/mol. The maximum absolute atomic E-state index is 4.05. The van der Waals surface area contributed by atoms with Gasteiger partial charge in [-0.15, -0.1) is 0 Å². The number of aromatic nitrogens is 1. The topological polar surface area (TPSA) is 28.2 Å². The summed E-state index contributed by atoms with van der Waals surface area (Å²) < 4.78 is 0. The van der Waals surface area contributed by atoms with Gasteiger partial charge in [-0.2, -0.15) is 0 Å². The van der Waals surface area contributed by atoms with Gasteiger partial charge in [-0.05, 0) is 49.0 Å². The Morgan fingerprint density at radius 2 is 1.88 bits per heavy atom. The largest absolute Gasteiger partial charge is 0.317 e. The van der Waals surface area contributed by atoms with Crippen molar-refractivity contribution in [1.29, 1.82) is 0 Å². The van der Waals surface area contributed by atoms with E-state index < -0.39 is 0 Å². The van der Waals surface area contributed by atoms with E-state index in [0.29, 0.717) is 5.41 Å². The van der Waals surface area contributed by atoms with Crippen LogP contribution in [0.1, 0.15) is 18.4 Å². The van der Waals surface area contributed by atoms with E-state index in [-0.39, 0.29) is 0 Å². The van der Waals surface area contributed by atoms with Crippen LogP contribution in [-0.4, -0.2) is 36.1 Å². The van der Waals surface area contributed by atoms with E-state index in [4.69, 9.17) is 0 Å². The lowest BCUT2D eigenvalue weighted by Crippen LogP contribution is -2.59. The Morgan fingerprint density at radius 3 is 2.56 bits per heavy atom. The summed E-state index contributed by atoms with van der Waals surface area (Å²) in [4.78, 5) is 6.61. The SMILES string of the molecule is c1cc(CN2CC3(CCNCC3)C2)ccn1. The molecule has 1 N–H and O–H groups in total. The van der Waals surface area contributed by atoms with Gasteiger partial charge in [0.2, 0.25) is 0 Å². The lowest BCUT2D eigenvalue weighted by molar-refractivity contribution is -0.0282. The van der Waals surface area contributed by atoms with E-state index in [2.05, 4.69) is 27.3 Å². The van der Waals surface area contributed by atoms with E-state index in [0.717, 1.165) is 6.54 Å². The zero-order valence-corrected chi connectivity index (χ0v) is 9.65. The second-order valence-corrected chi connectivity index (χ2v) is 5.25. The Labute approximate surface area is 96.9 Å². The van der Waals surface area contributed by atoms with E-state index in [9.17, 15) is 0 Å². The summed E-state index contributed by atoms with van der Waals surface area (Å²) in [6.07, 6.45) is 6.49. The van der Waals surface area contributed by atoms with Crippen molar-refractivity contribution in [2.75, 3.05) is 26.2 Å². The molecule has 1 aromatic heterocycles. The molecule has 2 aliphatic heterocycles. The van der Waals surface area contributed by atoms with Gasteiger partial charge in [0.1, 0.15) is 0 Å². The Hall–Kier alpha value is -0.930. The van der Waals surface area contributed by atoms with Crippen molar-refractivity contribution in [2.24, 2.45) is 5.41 Å². The zero-order chi connectivity index (χ0) is 10.8. The number of hydrogen-bond acceptors (Lipinski definition) is 3. The molecule has 0 amide bonds. The number of piperidine rings is 1. The number of nitrogens with zero attached hydrogens (tertiary/aromatic N) is 2. The molecule has 0 saturated carbocycles. The predicted molar refractivity (Wildman–Crippen MR) is 64.1 cm³/mol. The smallest absolute Gasteiger partial charge is 0.0271 e. The highest BCUT2D eigenvalue weighted by molar-refractivity contribution is 5.11. The first-order valence-corrected chi connectivity index (χ1v) is 6.18. The van der Waals surface area contributed by atoms with Gasteiger partial charge >= 0.3 is 0 Å². The van der Waals surface area contributed by atoms with E-state index >= 15 is 0 Å². The number of hydrogen-bond donors (Lipinski definition) is 1. The van der Waals surface area contributed by atoms with Crippen molar-refractivity contribution in [1.82, 2.24) is 15.2 Å². The van der Waals surface area contributed by atoms with E-state index in [1.165, 1.54) is 44.6 Å². The van der Waals surface area contributed by atoms with Crippen LogP contribution in [0.3, 0.4) is 0 Å². The summed E-state index contributed by atoms with van der Waals surface area (Å²) in [6, 6.07) is 4.24. The fourth-order valence-electron chi connectivity index (χ4n) is 3.03. The van der Waals surface area contributed by atoms with Crippen molar-refractivity contribution in [3.05, 3.63) is 30.1 Å². The third-order valence-corrected chi connectivity index (χ3v) is 3.94. The number of nitrogens with one attached hydrogen (secondary N) is 1. The lowest BCUT2D eigenvalue weighted by atomic mass is 9.72. The highest BCUT2D eigenvalue weighted by Crippen LogP contribution is 2.39. The lowest BCUT2D eigenvalue weighted by Gasteiger charge is -2.52. The molecule has 0 unspecified atom stereocenters. The number of rotatable bonds is 2. The van der Waals surface area contributed by atoms with Gasteiger partial charge in [-0.25, -0.2) is 0 Å². The summed E-state index contributed by atoms with van der Waals surface area (Å²) in [5.41, 5.74) is 2.04. The minimum Gasteiger partial charge on any atom is -0.317 e. The molecule has 3 heteroatoms. The second-order valence-electron chi connectivity index (χ2n) is 5.25. The Kier molecular flexibility index (Phi) is 2.65. The van der Waals surface area contributed by atoms with Crippen LogP contribution in [0.5, 0.6) is 0 Å². The molecule has 0 bridgehead atoms. The Morgan fingerprint density at radius 1 is 1.19 bits per heavy atom. The molecule has 3 nitrogen and oxygen atoms in total. The fourth-order valence-corrected chi connectivity index (χ4v) is 3.03. The quantitative estimate of drug-likeness (QED) is 0.808. The van der Waals surface area contributed by atoms with Gasteiger partial charge in [0.25, 0.3) is 0 Å². The van der Waals surface area contributed by atoms with Crippen LogP contribution >= 0.6 is 0 Å². The van der Waals surface area contributed by atoms with E-state index in [1.807, 2.05) is 12.4 Å². The van der Waals surface area contributed by atoms with Crippen LogP contribution in [-0.2, 0) is 6.54 Å². The van der Waals surface area contributed by atoms with Crippen LogP contribution in [0.25, 0.3) is 0 Å². The third kappa shape index (κ3) is 1.97. The third-order valence-electron chi connectivity index (χ3n) is 3.94. The van der Waals surface area contributed by atoms with Gasteiger partial charge < -0.3 is 5.32 Å². The molecule has 3 heterocycles. The maximum atomic E-state index is 4.05. The van der Waals surface area contributed by atoms with Crippen LogP contribution in [0, 0.1) is 5.41 Å². The van der Waals surface area contributed by atoms with Crippen LogP contribution in [0.4, 0.5) is 0 Å². The van der Waals surface area contributed by atoms with Crippen molar-refractivity contribution in [3.63, 3.8) is 0 Å². The first-order valence-electron chi connectivity index (χ1n) is 6.18. The van der Waals surface area contributed by atoms with Gasteiger partial charge in [0.15, 0.2) is 0 Å². The van der Waals surface area contributed by atoms with Crippen molar-refractivity contribution >= 4 is 0 Å². The van der Waals surface area contributed by atoms with Crippen LogP contribution in [0.15, 0.2) is 24.5 Å². The van der Waals surface area contributed by atoms with Gasteiger partial charge in [0, 0.05) is 32.0 Å². The zero-order valence-electron chi connectivity index (χ0n) is 9.65. The summed E-state index contributed by atoms with van der Waals surface area (Å²) in [7, 11) is 0. The van der Waals surface area contributed by atoms with E-state index in [1.54, 1.807) is 0 Å². The molecule has 1 aromatic rings. The van der Waals surface area contributed by atoms with Crippen molar-refractivity contribution in [3.8, 4) is 0 Å². The molecule has 0 atom stereocenters. The van der Waals surface area contributed by atoms with Crippen molar-refractivity contribution < 1.29 is 0 Å². The van der Waals surface area contributed by atoms with Gasteiger partial charge in [-0.3, -0.25) is 9.88 Å². The first kappa shape index (κ1) is 10.2. The monoisotopic (exact) mass is 217 g/mol. The normalized spacial score (nSPS) is 24.2. The highest BCUT2D eigenvalue weighted by Gasteiger charge is 2.42. The standard InChI is InChI=1S/C13H19N3/c1-5-14-6-2-12(1)9-16-10-13(11-16)3-7-15-8-4-13/h1-2,5-6,15H,3-4,7-11H2. The van der Waals surface area contributed by atoms with Crippen LogP contribution < -0.4 is 5.32 Å². The van der Waals surface area contributed by atoms with Gasteiger partial charge in [0.05, 0.1) is 0 Å². The minimum absolute atomic E-state index is 0.651.